The molecule has 1 saturated heterocycles. The Balaban J connectivity index is 1.61. The zero-order chi connectivity index (χ0) is 15.8. The second-order valence-electron chi connectivity index (χ2n) is 5.45. The van der Waals surface area contributed by atoms with Crippen LogP contribution >= 0.6 is 11.3 Å². The maximum absolute atomic E-state index is 13.7. The van der Waals surface area contributed by atoms with Gasteiger partial charge in [0.2, 0.25) is 5.82 Å². The summed E-state index contributed by atoms with van der Waals surface area (Å²) in [5.74, 6) is 0.473. The third-order valence-corrected chi connectivity index (χ3v) is 4.87. The van der Waals surface area contributed by atoms with Crippen LogP contribution in [0.4, 0.5) is 4.39 Å². The van der Waals surface area contributed by atoms with E-state index < -0.39 is 0 Å². The minimum absolute atomic E-state index is 0.0716. The molecule has 0 aliphatic carbocycles. The van der Waals surface area contributed by atoms with E-state index in [2.05, 4.69) is 15.1 Å². The van der Waals surface area contributed by atoms with E-state index in [0.29, 0.717) is 22.8 Å². The molecule has 0 radical (unpaired) electrons. The van der Waals surface area contributed by atoms with E-state index in [-0.39, 0.29) is 11.9 Å². The molecule has 23 heavy (non-hydrogen) atoms. The summed E-state index contributed by atoms with van der Waals surface area (Å²) in [4.78, 5) is 9.53. The van der Waals surface area contributed by atoms with Gasteiger partial charge in [-0.1, -0.05) is 17.3 Å². The zero-order valence-corrected chi connectivity index (χ0v) is 13.3. The molecule has 0 amide bonds. The fourth-order valence-electron chi connectivity index (χ4n) is 2.48. The average Bonchev–Trinajstić information content (AvgIpc) is 3.30. The Morgan fingerprint density at radius 3 is 3.04 bits per heavy atom. The average molecular weight is 331 g/mol. The SMILES string of the molecule is Cc1ccc(-c2noc(-c3cnc(C4CCCO4)s3)n2)cc1F. The van der Waals surface area contributed by atoms with Crippen molar-refractivity contribution >= 4 is 11.3 Å². The molecule has 1 unspecified atom stereocenters. The quantitative estimate of drug-likeness (QED) is 0.721. The summed E-state index contributed by atoms with van der Waals surface area (Å²) in [7, 11) is 0. The lowest BCUT2D eigenvalue weighted by atomic mass is 10.1. The van der Waals surface area contributed by atoms with Crippen LogP contribution in [0.1, 0.15) is 29.5 Å². The fourth-order valence-corrected chi connectivity index (χ4v) is 3.40. The van der Waals surface area contributed by atoms with Crippen LogP contribution in [0.2, 0.25) is 0 Å². The summed E-state index contributed by atoms with van der Waals surface area (Å²) in [6, 6.07) is 4.88. The highest BCUT2D eigenvalue weighted by molar-refractivity contribution is 7.15. The lowest BCUT2D eigenvalue weighted by Gasteiger charge is -2.02. The van der Waals surface area contributed by atoms with Crippen LogP contribution < -0.4 is 0 Å². The van der Waals surface area contributed by atoms with Crippen LogP contribution in [0.15, 0.2) is 28.9 Å². The highest BCUT2D eigenvalue weighted by Gasteiger charge is 2.22. The number of thiazole rings is 1. The molecule has 2 aromatic heterocycles. The minimum atomic E-state index is -0.285. The Bertz CT molecular complexity index is 839. The second-order valence-corrected chi connectivity index (χ2v) is 6.51. The maximum Gasteiger partial charge on any atom is 0.269 e. The molecule has 0 saturated carbocycles. The van der Waals surface area contributed by atoms with E-state index in [1.165, 1.54) is 17.4 Å². The third-order valence-electron chi connectivity index (χ3n) is 3.80. The first-order valence-electron chi connectivity index (χ1n) is 7.38. The van der Waals surface area contributed by atoms with Crippen LogP contribution in [0.3, 0.4) is 0 Å². The highest BCUT2D eigenvalue weighted by Crippen LogP contribution is 2.35. The van der Waals surface area contributed by atoms with Crippen LogP contribution in [0, 0.1) is 12.7 Å². The number of ether oxygens (including phenoxy) is 1. The number of hydrogen-bond donors (Lipinski definition) is 0. The van der Waals surface area contributed by atoms with Crippen molar-refractivity contribution in [2.24, 2.45) is 0 Å². The molecule has 0 N–H and O–H groups in total. The molecule has 118 valence electrons. The summed E-state index contributed by atoms with van der Waals surface area (Å²) in [6.45, 7) is 2.49. The van der Waals surface area contributed by atoms with Crippen molar-refractivity contribution in [3.63, 3.8) is 0 Å². The topological polar surface area (TPSA) is 61.0 Å². The lowest BCUT2D eigenvalue weighted by Crippen LogP contribution is -1.93. The number of halogens is 1. The number of aromatic nitrogens is 3. The first-order chi connectivity index (χ1) is 11.2. The normalized spacial score (nSPS) is 17.7. The van der Waals surface area contributed by atoms with Gasteiger partial charge in [-0.05, 0) is 31.4 Å². The molecular weight excluding hydrogens is 317 g/mol. The molecular formula is C16H14FN3O2S. The standard InChI is InChI=1S/C16H14FN3O2S/c1-9-4-5-10(7-11(9)17)14-19-15(22-20-14)13-8-18-16(23-13)12-3-2-6-21-12/h4-5,7-8,12H,2-3,6H2,1H3. The van der Waals surface area contributed by atoms with Crippen molar-refractivity contribution in [2.45, 2.75) is 25.9 Å². The van der Waals surface area contributed by atoms with Crippen molar-refractivity contribution in [2.75, 3.05) is 6.61 Å². The van der Waals surface area contributed by atoms with Crippen LogP contribution in [-0.2, 0) is 4.74 Å². The summed E-state index contributed by atoms with van der Waals surface area (Å²) in [5.41, 5.74) is 1.17. The molecule has 1 aromatic carbocycles. The van der Waals surface area contributed by atoms with Crippen LogP contribution in [0.5, 0.6) is 0 Å². The molecule has 1 aliphatic rings. The van der Waals surface area contributed by atoms with Crippen molar-refractivity contribution in [3.8, 4) is 22.2 Å². The van der Waals surface area contributed by atoms with Crippen molar-refractivity contribution < 1.29 is 13.7 Å². The number of benzene rings is 1. The first kappa shape index (κ1) is 14.5. The predicted octanol–water partition coefficient (Wildman–Crippen LogP) is 4.16. The zero-order valence-electron chi connectivity index (χ0n) is 12.5. The van der Waals surface area contributed by atoms with Gasteiger partial charge in [-0.15, -0.1) is 11.3 Å². The maximum atomic E-state index is 13.7. The second kappa shape index (κ2) is 5.82. The van der Waals surface area contributed by atoms with Gasteiger partial charge in [-0.25, -0.2) is 9.37 Å². The van der Waals surface area contributed by atoms with E-state index >= 15 is 0 Å². The van der Waals surface area contributed by atoms with Crippen molar-refractivity contribution in [1.29, 1.82) is 0 Å². The Kier molecular flexibility index (Phi) is 3.66. The summed E-state index contributed by atoms with van der Waals surface area (Å²) >= 11 is 1.49. The first-order valence-corrected chi connectivity index (χ1v) is 8.20. The lowest BCUT2D eigenvalue weighted by molar-refractivity contribution is 0.111. The number of nitrogens with zero attached hydrogens (tertiary/aromatic N) is 3. The van der Waals surface area contributed by atoms with Gasteiger partial charge in [0.15, 0.2) is 0 Å². The Morgan fingerprint density at radius 2 is 2.26 bits per heavy atom. The van der Waals surface area contributed by atoms with Crippen molar-refractivity contribution in [1.82, 2.24) is 15.1 Å². The molecule has 4 rings (SSSR count). The Morgan fingerprint density at radius 1 is 1.35 bits per heavy atom. The number of rotatable bonds is 3. The summed E-state index contributed by atoms with van der Waals surface area (Å²) < 4.78 is 24.6. The van der Waals surface area contributed by atoms with Crippen molar-refractivity contribution in [3.05, 3.63) is 40.8 Å². The van der Waals surface area contributed by atoms with Gasteiger partial charge in [0.1, 0.15) is 21.8 Å². The molecule has 0 spiro atoms. The van der Waals surface area contributed by atoms with Gasteiger partial charge in [-0.3, -0.25) is 0 Å². The Hall–Kier alpha value is -2.12. The van der Waals surface area contributed by atoms with Gasteiger partial charge >= 0.3 is 0 Å². The van der Waals surface area contributed by atoms with E-state index in [4.69, 9.17) is 9.26 Å². The van der Waals surface area contributed by atoms with Crippen LogP contribution in [-0.4, -0.2) is 21.7 Å². The summed E-state index contributed by atoms with van der Waals surface area (Å²) in [6.07, 6.45) is 3.84. The van der Waals surface area contributed by atoms with E-state index in [1.54, 1.807) is 25.3 Å². The molecule has 1 atom stereocenters. The monoisotopic (exact) mass is 331 g/mol. The molecule has 5 nitrogen and oxygen atoms in total. The van der Waals surface area contributed by atoms with Gasteiger partial charge in [0, 0.05) is 12.2 Å². The number of aryl methyl sites for hydroxylation is 1. The van der Waals surface area contributed by atoms with Crippen LogP contribution in [0.25, 0.3) is 22.2 Å². The van der Waals surface area contributed by atoms with Gasteiger partial charge in [0.05, 0.1) is 6.20 Å². The largest absolute Gasteiger partial charge is 0.371 e. The molecule has 1 aliphatic heterocycles. The summed E-state index contributed by atoms with van der Waals surface area (Å²) in [5, 5.41) is 4.86. The molecule has 1 fully saturated rings. The van der Waals surface area contributed by atoms with Gasteiger partial charge < -0.3 is 9.26 Å². The predicted molar refractivity (Wildman–Crippen MR) is 83.5 cm³/mol. The number of hydrogen-bond acceptors (Lipinski definition) is 6. The molecule has 3 heterocycles. The minimum Gasteiger partial charge on any atom is -0.371 e. The van der Waals surface area contributed by atoms with Gasteiger partial charge in [0.25, 0.3) is 5.89 Å². The smallest absolute Gasteiger partial charge is 0.269 e. The molecule has 3 aromatic rings. The van der Waals surface area contributed by atoms with E-state index in [9.17, 15) is 4.39 Å². The molecule has 0 bridgehead atoms. The van der Waals surface area contributed by atoms with E-state index in [0.717, 1.165) is 29.3 Å². The van der Waals surface area contributed by atoms with E-state index in [1.807, 2.05) is 0 Å². The Labute approximate surface area is 136 Å². The highest BCUT2D eigenvalue weighted by atomic mass is 32.1. The van der Waals surface area contributed by atoms with Gasteiger partial charge in [-0.2, -0.15) is 4.98 Å². The molecule has 7 heteroatoms. The fraction of sp³-hybridized carbons (Fsp3) is 0.312. The third kappa shape index (κ3) is 2.77.